The summed E-state index contributed by atoms with van der Waals surface area (Å²) in [6, 6.07) is 3.77. The van der Waals surface area contributed by atoms with Crippen LogP contribution in [0.4, 0.5) is 0 Å². The zero-order chi connectivity index (χ0) is 18.5. The molecular formula is C19H26ClN3O3. The molecule has 1 saturated carbocycles. The molecule has 0 unspecified atom stereocenters. The standard InChI is InChI=1S/C19H26ClN3O3/c1-13(24)23-10-8-14(9-11-23)19(25)22-16-3-5-17(6-4-16)26-18-7-2-15(20)12-21-18/h2,7,12,14,16-17H,3-6,8-11H2,1H3,(H,22,25). The van der Waals surface area contributed by atoms with Gasteiger partial charge in [-0.1, -0.05) is 11.6 Å². The molecular weight excluding hydrogens is 354 g/mol. The van der Waals surface area contributed by atoms with Gasteiger partial charge in [0.05, 0.1) is 5.02 Å². The van der Waals surface area contributed by atoms with E-state index in [4.69, 9.17) is 16.3 Å². The molecule has 1 N–H and O–H groups in total. The van der Waals surface area contributed by atoms with E-state index in [1.54, 1.807) is 25.3 Å². The maximum absolute atomic E-state index is 12.5. The number of carbonyl (C=O) groups excluding carboxylic acids is 2. The number of hydrogen-bond donors (Lipinski definition) is 1. The minimum atomic E-state index is 0.0258. The van der Waals surface area contributed by atoms with E-state index in [9.17, 15) is 9.59 Å². The van der Waals surface area contributed by atoms with Crippen molar-refractivity contribution in [2.75, 3.05) is 13.1 Å². The minimum Gasteiger partial charge on any atom is -0.474 e. The van der Waals surface area contributed by atoms with E-state index in [0.717, 1.165) is 38.5 Å². The number of nitrogens with one attached hydrogen (secondary N) is 1. The van der Waals surface area contributed by atoms with Crippen molar-refractivity contribution in [1.82, 2.24) is 15.2 Å². The first-order valence-corrected chi connectivity index (χ1v) is 9.73. The molecule has 0 atom stereocenters. The Morgan fingerprint density at radius 3 is 2.42 bits per heavy atom. The van der Waals surface area contributed by atoms with Gasteiger partial charge in [-0.2, -0.15) is 0 Å². The number of carbonyl (C=O) groups is 2. The number of ether oxygens (including phenoxy) is 1. The smallest absolute Gasteiger partial charge is 0.223 e. The first-order chi connectivity index (χ1) is 12.5. The Kier molecular flexibility index (Phi) is 6.35. The summed E-state index contributed by atoms with van der Waals surface area (Å²) in [5.74, 6) is 0.853. The van der Waals surface area contributed by atoms with Crippen molar-refractivity contribution in [2.45, 2.75) is 57.6 Å². The number of piperidine rings is 1. The van der Waals surface area contributed by atoms with Gasteiger partial charge in [-0.3, -0.25) is 9.59 Å². The Bertz CT molecular complexity index is 621. The molecule has 0 aromatic carbocycles. The van der Waals surface area contributed by atoms with Crippen LogP contribution in [0.15, 0.2) is 18.3 Å². The molecule has 2 amide bonds. The first kappa shape index (κ1) is 19.0. The average molecular weight is 380 g/mol. The van der Waals surface area contributed by atoms with E-state index >= 15 is 0 Å². The highest BCUT2D eigenvalue weighted by molar-refractivity contribution is 6.30. The fourth-order valence-corrected chi connectivity index (χ4v) is 3.82. The lowest BCUT2D eigenvalue weighted by Gasteiger charge is -2.33. The van der Waals surface area contributed by atoms with Crippen LogP contribution in [0.25, 0.3) is 0 Å². The fraction of sp³-hybridized carbons (Fsp3) is 0.632. The third kappa shape index (κ3) is 5.10. The van der Waals surface area contributed by atoms with Gasteiger partial charge in [-0.25, -0.2) is 4.98 Å². The third-order valence-corrected chi connectivity index (χ3v) is 5.54. The summed E-state index contributed by atoms with van der Waals surface area (Å²) in [4.78, 5) is 29.8. The monoisotopic (exact) mass is 379 g/mol. The van der Waals surface area contributed by atoms with Crippen molar-refractivity contribution < 1.29 is 14.3 Å². The molecule has 1 aromatic rings. The van der Waals surface area contributed by atoms with Crippen LogP contribution in [0.2, 0.25) is 5.02 Å². The molecule has 0 bridgehead atoms. The summed E-state index contributed by atoms with van der Waals surface area (Å²) >= 11 is 5.83. The van der Waals surface area contributed by atoms with Gasteiger partial charge in [0.1, 0.15) is 6.10 Å². The highest BCUT2D eigenvalue weighted by atomic mass is 35.5. The van der Waals surface area contributed by atoms with E-state index in [1.807, 2.05) is 4.90 Å². The number of likely N-dealkylation sites (tertiary alicyclic amines) is 1. The van der Waals surface area contributed by atoms with Crippen molar-refractivity contribution in [1.29, 1.82) is 0 Å². The molecule has 0 spiro atoms. The maximum atomic E-state index is 12.5. The Labute approximate surface area is 159 Å². The van der Waals surface area contributed by atoms with Crippen LogP contribution < -0.4 is 10.1 Å². The number of amides is 2. The molecule has 1 aliphatic heterocycles. The van der Waals surface area contributed by atoms with Gasteiger partial charge >= 0.3 is 0 Å². The Balaban J connectivity index is 1.39. The van der Waals surface area contributed by atoms with E-state index in [1.165, 1.54) is 0 Å². The van der Waals surface area contributed by atoms with Crippen LogP contribution in [-0.4, -0.2) is 46.9 Å². The first-order valence-electron chi connectivity index (χ1n) is 9.35. The number of rotatable bonds is 4. The lowest BCUT2D eigenvalue weighted by Crippen LogP contribution is -2.46. The summed E-state index contributed by atoms with van der Waals surface area (Å²) in [6.45, 7) is 2.95. The number of nitrogens with zero attached hydrogens (tertiary/aromatic N) is 2. The van der Waals surface area contributed by atoms with Crippen LogP contribution in [-0.2, 0) is 9.59 Å². The lowest BCUT2D eigenvalue weighted by molar-refractivity contribution is -0.134. The number of aromatic nitrogens is 1. The van der Waals surface area contributed by atoms with E-state index in [2.05, 4.69) is 10.3 Å². The van der Waals surface area contributed by atoms with Crippen molar-refractivity contribution in [2.24, 2.45) is 5.92 Å². The minimum absolute atomic E-state index is 0.0258. The van der Waals surface area contributed by atoms with Gasteiger partial charge in [0.25, 0.3) is 0 Å². The van der Waals surface area contributed by atoms with Crippen LogP contribution >= 0.6 is 11.6 Å². The number of hydrogen-bond acceptors (Lipinski definition) is 4. The molecule has 0 radical (unpaired) electrons. The molecule has 7 heteroatoms. The normalized spacial score (nSPS) is 24.2. The average Bonchev–Trinajstić information content (AvgIpc) is 2.65. The summed E-state index contributed by atoms with van der Waals surface area (Å²) in [5.41, 5.74) is 0. The molecule has 3 rings (SSSR count). The van der Waals surface area contributed by atoms with Crippen molar-refractivity contribution in [3.63, 3.8) is 0 Å². The summed E-state index contributed by atoms with van der Waals surface area (Å²) in [6.07, 6.45) is 6.86. The lowest BCUT2D eigenvalue weighted by atomic mass is 9.91. The molecule has 26 heavy (non-hydrogen) atoms. The second kappa shape index (κ2) is 8.71. The Morgan fingerprint density at radius 2 is 1.85 bits per heavy atom. The predicted molar refractivity (Wildman–Crippen MR) is 99.0 cm³/mol. The molecule has 1 saturated heterocycles. The van der Waals surface area contributed by atoms with Gasteiger partial charge in [0, 0.05) is 44.2 Å². The zero-order valence-electron chi connectivity index (χ0n) is 15.1. The molecule has 2 fully saturated rings. The highest BCUT2D eigenvalue weighted by Crippen LogP contribution is 2.25. The topological polar surface area (TPSA) is 71.5 Å². The number of pyridine rings is 1. The van der Waals surface area contributed by atoms with Gasteiger partial charge in [0.2, 0.25) is 17.7 Å². The van der Waals surface area contributed by atoms with Crippen molar-refractivity contribution in [3.8, 4) is 5.88 Å². The van der Waals surface area contributed by atoms with Crippen molar-refractivity contribution >= 4 is 23.4 Å². The predicted octanol–water partition coefficient (Wildman–Crippen LogP) is 2.80. The molecule has 2 heterocycles. The molecule has 6 nitrogen and oxygen atoms in total. The second-order valence-corrected chi connectivity index (χ2v) is 7.63. The van der Waals surface area contributed by atoms with Gasteiger partial charge in [-0.05, 0) is 44.6 Å². The second-order valence-electron chi connectivity index (χ2n) is 7.20. The number of halogens is 1. The summed E-state index contributed by atoms with van der Waals surface area (Å²) in [7, 11) is 0. The van der Waals surface area contributed by atoms with Crippen LogP contribution in [0.5, 0.6) is 5.88 Å². The summed E-state index contributed by atoms with van der Waals surface area (Å²) < 4.78 is 5.89. The quantitative estimate of drug-likeness (QED) is 0.873. The van der Waals surface area contributed by atoms with Crippen LogP contribution in [0, 0.1) is 5.92 Å². The van der Waals surface area contributed by atoms with E-state index in [-0.39, 0.29) is 29.9 Å². The SMILES string of the molecule is CC(=O)N1CCC(C(=O)NC2CCC(Oc3ccc(Cl)cn3)CC2)CC1. The van der Waals surface area contributed by atoms with Crippen molar-refractivity contribution in [3.05, 3.63) is 23.4 Å². The molecule has 142 valence electrons. The van der Waals surface area contributed by atoms with Gasteiger partial charge in [0.15, 0.2) is 0 Å². The Morgan fingerprint density at radius 1 is 1.15 bits per heavy atom. The Hall–Kier alpha value is -1.82. The molecule has 2 aliphatic rings. The molecule has 1 aliphatic carbocycles. The van der Waals surface area contributed by atoms with Gasteiger partial charge in [-0.15, -0.1) is 0 Å². The van der Waals surface area contributed by atoms with E-state index in [0.29, 0.717) is 24.0 Å². The largest absolute Gasteiger partial charge is 0.474 e. The fourth-order valence-electron chi connectivity index (χ4n) is 3.70. The highest BCUT2D eigenvalue weighted by Gasteiger charge is 2.29. The zero-order valence-corrected chi connectivity index (χ0v) is 15.9. The summed E-state index contributed by atoms with van der Waals surface area (Å²) in [5, 5.41) is 3.79. The van der Waals surface area contributed by atoms with Crippen LogP contribution in [0.1, 0.15) is 45.4 Å². The maximum Gasteiger partial charge on any atom is 0.223 e. The molecule has 1 aromatic heterocycles. The van der Waals surface area contributed by atoms with Crippen LogP contribution in [0.3, 0.4) is 0 Å². The van der Waals surface area contributed by atoms with E-state index < -0.39 is 0 Å². The third-order valence-electron chi connectivity index (χ3n) is 5.32. The van der Waals surface area contributed by atoms with Gasteiger partial charge < -0.3 is 15.0 Å².